The smallest absolute Gasteiger partial charge is 0.161 e. The number of hydrogen-bond acceptors (Lipinski definition) is 3. The highest BCUT2D eigenvalue weighted by molar-refractivity contribution is 5.39. The average molecular weight is 195 g/mol. The summed E-state index contributed by atoms with van der Waals surface area (Å²) in [6.07, 6.45) is 1.98. The van der Waals surface area contributed by atoms with E-state index in [-0.39, 0.29) is 0 Å². The Morgan fingerprint density at radius 2 is 1.86 bits per heavy atom. The van der Waals surface area contributed by atoms with Crippen LogP contribution in [0.3, 0.4) is 0 Å². The van der Waals surface area contributed by atoms with Gasteiger partial charge in [-0.15, -0.1) is 0 Å². The minimum Gasteiger partial charge on any atom is -0.493 e. The highest BCUT2D eigenvalue weighted by Gasteiger charge is 2.00. The van der Waals surface area contributed by atoms with Crippen LogP contribution < -0.4 is 15.2 Å². The van der Waals surface area contributed by atoms with Gasteiger partial charge < -0.3 is 15.2 Å². The highest BCUT2D eigenvalue weighted by atomic mass is 16.5. The minimum atomic E-state index is 0.692. The van der Waals surface area contributed by atoms with Crippen molar-refractivity contribution in [2.75, 3.05) is 20.3 Å². The molecule has 0 aliphatic heterocycles. The SMILES string of the molecule is COc1ccccc1OCCCCN. The number of unbranched alkanes of at least 4 members (excludes halogenated alkanes) is 1. The van der Waals surface area contributed by atoms with E-state index in [4.69, 9.17) is 15.2 Å². The van der Waals surface area contributed by atoms with E-state index in [9.17, 15) is 0 Å². The van der Waals surface area contributed by atoms with Crippen LogP contribution in [0.25, 0.3) is 0 Å². The average Bonchev–Trinajstić information content (AvgIpc) is 2.25. The maximum Gasteiger partial charge on any atom is 0.161 e. The molecule has 0 heterocycles. The number of ether oxygens (including phenoxy) is 2. The lowest BCUT2D eigenvalue weighted by Gasteiger charge is -2.09. The molecule has 1 aromatic carbocycles. The Morgan fingerprint density at radius 3 is 2.50 bits per heavy atom. The van der Waals surface area contributed by atoms with E-state index < -0.39 is 0 Å². The molecule has 0 aliphatic carbocycles. The van der Waals surface area contributed by atoms with E-state index in [1.807, 2.05) is 24.3 Å². The van der Waals surface area contributed by atoms with Gasteiger partial charge in [-0.3, -0.25) is 0 Å². The summed E-state index contributed by atoms with van der Waals surface area (Å²) in [5.41, 5.74) is 5.38. The molecule has 0 bridgehead atoms. The number of para-hydroxylation sites is 2. The molecule has 0 unspecified atom stereocenters. The third kappa shape index (κ3) is 3.26. The van der Waals surface area contributed by atoms with E-state index in [0.29, 0.717) is 6.61 Å². The summed E-state index contributed by atoms with van der Waals surface area (Å²) in [6, 6.07) is 7.64. The first-order valence-corrected chi connectivity index (χ1v) is 4.84. The molecule has 0 saturated carbocycles. The zero-order valence-corrected chi connectivity index (χ0v) is 8.53. The van der Waals surface area contributed by atoms with Crippen molar-refractivity contribution in [1.29, 1.82) is 0 Å². The molecule has 0 saturated heterocycles. The largest absolute Gasteiger partial charge is 0.493 e. The second-order valence-corrected chi connectivity index (χ2v) is 3.00. The van der Waals surface area contributed by atoms with Crippen LogP contribution in [0.15, 0.2) is 24.3 Å². The highest BCUT2D eigenvalue weighted by Crippen LogP contribution is 2.25. The molecule has 3 heteroatoms. The van der Waals surface area contributed by atoms with Crippen molar-refractivity contribution in [1.82, 2.24) is 0 Å². The summed E-state index contributed by atoms with van der Waals surface area (Å²) in [5.74, 6) is 1.58. The van der Waals surface area contributed by atoms with Crippen molar-refractivity contribution in [3.63, 3.8) is 0 Å². The first-order valence-electron chi connectivity index (χ1n) is 4.84. The van der Waals surface area contributed by atoms with Gasteiger partial charge in [0, 0.05) is 0 Å². The maximum atomic E-state index is 5.55. The van der Waals surface area contributed by atoms with Crippen molar-refractivity contribution < 1.29 is 9.47 Å². The summed E-state index contributed by atoms with van der Waals surface area (Å²) in [6.45, 7) is 1.41. The van der Waals surface area contributed by atoms with Gasteiger partial charge in [-0.05, 0) is 31.5 Å². The van der Waals surface area contributed by atoms with E-state index in [0.717, 1.165) is 30.9 Å². The normalized spacial score (nSPS) is 9.86. The zero-order chi connectivity index (χ0) is 10.2. The van der Waals surface area contributed by atoms with Crippen LogP contribution in [0.5, 0.6) is 11.5 Å². The molecule has 3 nitrogen and oxygen atoms in total. The fourth-order valence-corrected chi connectivity index (χ4v) is 1.17. The van der Waals surface area contributed by atoms with Gasteiger partial charge in [-0.1, -0.05) is 12.1 Å². The van der Waals surface area contributed by atoms with E-state index in [1.165, 1.54) is 0 Å². The van der Waals surface area contributed by atoms with Gasteiger partial charge in [0.15, 0.2) is 11.5 Å². The van der Waals surface area contributed by atoms with Gasteiger partial charge in [-0.2, -0.15) is 0 Å². The molecule has 0 atom stereocenters. The Labute approximate surface area is 84.8 Å². The Bertz CT molecular complexity index is 263. The van der Waals surface area contributed by atoms with Crippen molar-refractivity contribution in [3.8, 4) is 11.5 Å². The summed E-state index contributed by atoms with van der Waals surface area (Å²) in [5, 5.41) is 0. The van der Waals surface area contributed by atoms with Gasteiger partial charge in [0.2, 0.25) is 0 Å². The lowest BCUT2D eigenvalue weighted by atomic mass is 10.3. The summed E-state index contributed by atoms with van der Waals surface area (Å²) in [4.78, 5) is 0. The molecular weight excluding hydrogens is 178 g/mol. The molecule has 78 valence electrons. The lowest BCUT2D eigenvalue weighted by molar-refractivity contribution is 0.287. The quantitative estimate of drug-likeness (QED) is 0.704. The minimum absolute atomic E-state index is 0.692. The number of methoxy groups -OCH3 is 1. The van der Waals surface area contributed by atoms with Gasteiger partial charge in [0.1, 0.15) is 0 Å². The van der Waals surface area contributed by atoms with Crippen LogP contribution in [-0.4, -0.2) is 20.3 Å². The van der Waals surface area contributed by atoms with Gasteiger partial charge >= 0.3 is 0 Å². The molecule has 0 aliphatic rings. The lowest BCUT2D eigenvalue weighted by Crippen LogP contribution is -2.03. The first kappa shape index (κ1) is 10.9. The van der Waals surface area contributed by atoms with Crippen molar-refractivity contribution >= 4 is 0 Å². The summed E-state index contributed by atoms with van der Waals surface area (Å²) >= 11 is 0. The van der Waals surface area contributed by atoms with Crippen LogP contribution in [-0.2, 0) is 0 Å². The van der Waals surface area contributed by atoms with Crippen LogP contribution >= 0.6 is 0 Å². The Balaban J connectivity index is 2.41. The Kier molecular flexibility index (Phi) is 4.86. The maximum absolute atomic E-state index is 5.55. The number of rotatable bonds is 6. The number of nitrogens with two attached hydrogens (primary N) is 1. The second-order valence-electron chi connectivity index (χ2n) is 3.00. The third-order valence-electron chi connectivity index (χ3n) is 1.93. The molecule has 0 spiro atoms. The van der Waals surface area contributed by atoms with Crippen molar-refractivity contribution in [2.45, 2.75) is 12.8 Å². The molecular formula is C11H17NO2. The molecule has 14 heavy (non-hydrogen) atoms. The van der Waals surface area contributed by atoms with Crippen LogP contribution in [0.2, 0.25) is 0 Å². The molecule has 0 amide bonds. The van der Waals surface area contributed by atoms with E-state index in [1.54, 1.807) is 7.11 Å². The van der Waals surface area contributed by atoms with Crippen LogP contribution in [0.4, 0.5) is 0 Å². The van der Waals surface area contributed by atoms with Gasteiger partial charge in [0.25, 0.3) is 0 Å². The molecule has 0 fully saturated rings. The predicted molar refractivity (Wildman–Crippen MR) is 56.8 cm³/mol. The molecule has 1 aromatic rings. The van der Waals surface area contributed by atoms with Crippen molar-refractivity contribution in [3.05, 3.63) is 24.3 Å². The van der Waals surface area contributed by atoms with Crippen LogP contribution in [0, 0.1) is 0 Å². The fraction of sp³-hybridized carbons (Fsp3) is 0.455. The molecule has 1 rings (SSSR count). The van der Waals surface area contributed by atoms with E-state index in [2.05, 4.69) is 0 Å². The Morgan fingerprint density at radius 1 is 1.14 bits per heavy atom. The molecule has 0 aromatic heterocycles. The number of hydrogen-bond donors (Lipinski definition) is 1. The summed E-state index contributed by atoms with van der Waals surface area (Å²) < 4.78 is 10.7. The van der Waals surface area contributed by atoms with Crippen molar-refractivity contribution in [2.24, 2.45) is 5.73 Å². The van der Waals surface area contributed by atoms with Crippen LogP contribution in [0.1, 0.15) is 12.8 Å². The van der Waals surface area contributed by atoms with Gasteiger partial charge in [0.05, 0.1) is 13.7 Å². The molecule has 0 radical (unpaired) electrons. The summed E-state index contributed by atoms with van der Waals surface area (Å²) in [7, 11) is 1.64. The Hall–Kier alpha value is -1.22. The monoisotopic (exact) mass is 195 g/mol. The van der Waals surface area contributed by atoms with Gasteiger partial charge in [-0.25, -0.2) is 0 Å². The zero-order valence-electron chi connectivity index (χ0n) is 8.53. The molecule has 2 N–H and O–H groups in total. The topological polar surface area (TPSA) is 44.5 Å². The van der Waals surface area contributed by atoms with E-state index >= 15 is 0 Å². The third-order valence-corrected chi connectivity index (χ3v) is 1.93. The predicted octanol–water partition coefficient (Wildman–Crippen LogP) is 1.81. The fourth-order valence-electron chi connectivity index (χ4n) is 1.17. The first-order chi connectivity index (χ1) is 6.88. The second kappa shape index (κ2) is 6.27. The standard InChI is InChI=1S/C11H17NO2/c1-13-10-6-2-3-7-11(10)14-9-5-4-8-12/h2-3,6-7H,4-5,8-9,12H2,1H3. The number of benzene rings is 1.